The fourth-order valence-electron chi connectivity index (χ4n) is 2.16. The van der Waals surface area contributed by atoms with Crippen LogP contribution in [0.25, 0.3) is 0 Å². The van der Waals surface area contributed by atoms with Crippen molar-refractivity contribution in [2.75, 3.05) is 33.7 Å². The van der Waals surface area contributed by atoms with E-state index in [1.54, 1.807) is 4.90 Å². The van der Waals surface area contributed by atoms with Gasteiger partial charge in [-0.25, -0.2) is 4.79 Å². The Morgan fingerprint density at radius 2 is 1.95 bits per heavy atom. The fraction of sp³-hybridized carbons (Fsp3) is 0.846. The van der Waals surface area contributed by atoms with Crippen molar-refractivity contribution in [1.29, 1.82) is 0 Å². The van der Waals surface area contributed by atoms with Gasteiger partial charge >= 0.3 is 12.0 Å². The van der Waals surface area contributed by atoms with Gasteiger partial charge in [0.05, 0.1) is 5.92 Å². The van der Waals surface area contributed by atoms with Crippen molar-refractivity contribution >= 4 is 12.0 Å². The number of amides is 2. The lowest BCUT2D eigenvalue weighted by Crippen LogP contribution is -2.48. The van der Waals surface area contributed by atoms with Gasteiger partial charge in [-0.1, -0.05) is 0 Å². The number of nitrogens with zero attached hydrogens (tertiary/aromatic N) is 2. The molecule has 110 valence electrons. The molecule has 1 atom stereocenters. The topological polar surface area (TPSA) is 72.9 Å². The van der Waals surface area contributed by atoms with Gasteiger partial charge < -0.3 is 20.2 Å². The van der Waals surface area contributed by atoms with Gasteiger partial charge in [-0.05, 0) is 46.8 Å². The molecule has 1 heterocycles. The van der Waals surface area contributed by atoms with E-state index in [1.165, 1.54) is 0 Å². The van der Waals surface area contributed by atoms with Crippen LogP contribution in [0.3, 0.4) is 0 Å². The Kier molecular flexibility index (Phi) is 6.08. The summed E-state index contributed by atoms with van der Waals surface area (Å²) < 4.78 is 0. The summed E-state index contributed by atoms with van der Waals surface area (Å²) >= 11 is 0. The quantitative estimate of drug-likeness (QED) is 0.777. The van der Waals surface area contributed by atoms with Crippen LogP contribution < -0.4 is 5.32 Å². The summed E-state index contributed by atoms with van der Waals surface area (Å²) in [4.78, 5) is 26.6. The van der Waals surface area contributed by atoms with Crippen molar-refractivity contribution in [3.63, 3.8) is 0 Å². The standard InChI is InChI=1S/C13H25N3O3/c1-10(4-7-15(2)3)14-13(19)16-8-5-11(6-9-16)12(17)18/h10-11H,4-9H2,1-3H3,(H,14,19)(H,17,18). The third-order valence-corrected chi connectivity index (χ3v) is 3.51. The van der Waals surface area contributed by atoms with E-state index >= 15 is 0 Å². The van der Waals surface area contributed by atoms with Crippen molar-refractivity contribution in [3.05, 3.63) is 0 Å². The molecule has 6 heteroatoms. The maximum absolute atomic E-state index is 12.0. The van der Waals surface area contributed by atoms with Gasteiger partial charge in [-0.2, -0.15) is 0 Å². The number of carboxylic acid groups (broad SMARTS) is 1. The van der Waals surface area contributed by atoms with E-state index < -0.39 is 5.97 Å². The van der Waals surface area contributed by atoms with E-state index in [0.717, 1.165) is 13.0 Å². The molecule has 2 amide bonds. The smallest absolute Gasteiger partial charge is 0.317 e. The first-order valence-electron chi connectivity index (χ1n) is 6.83. The van der Waals surface area contributed by atoms with Crippen LogP contribution in [-0.4, -0.2) is 66.7 Å². The molecule has 1 saturated heterocycles. The summed E-state index contributed by atoms with van der Waals surface area (Å²) in [5.41, 5.74) is 0. The summed E-state index contributed by atoms with van der Waals surface area (Å²) in [6.07, 6.45) is 2.01. The summed E-state index contributed by atoms with van der Waals surface area (Å²) in [7, 11) is 4.01. The van der Waals surface area contributed by atoms with E-state index in [1.807, 2.05) is 21.0 Å². The number of likely N-dealkylation sites (tertiary alicyclic amines) is 1. The summed E-state index contributed by atoms with van der Waals surface area (Å²) in [5, 5.41) is 11.9. The maximum atomic E-state index is 12.0. The number of carbonyl (C=O) groups is 2. The molecule has 2 N–H and O–H groups in total. The van der Waals surface area contributed by atoms with Crippen molar-refractivity contribution in [1.82, 2.24) is 15.1 Å². The molecule has 19 heavy (non-hydrogen) atoms. The molecular weight excluding hydrogens is 246 g/mol. The van der Waals surface area contributed by atoms with Gasteiger partial charge in [0.2, 0.25) is 0 Å². The summed E-state index contributed by atoms with van der Waals surface area (Å²) in [6.45, 7) is 3.99. The zero-order valence-corrected chi connectivity index (χ0v) is 12.1. The average molecular weight is 271 g/mol. The first-order chi connectivity index (χ1) is 8.90. The second-order valence-corrected chi connectivity index (χ2v) is 5.54. The van der Waals surface area contributed by atoms with E-state index in [4.69, 9.17) is 5.11 Å². The highest BCUT2D eigenvalue weighted by atomic mass is 16.4. The zero-order valence-electron chi connectivity index (χ0n) is 12.1. The maximum Gasteiger partial charge on any atom is 0.317 e. The van der Waals surface area contributed by atoms with Crippen LogP contribution in [0.2, 0.25) is 0 Å². The minimum atomic E-state index is -0.751. The van der Waals surface area contributed by atoms with Crippen LogP contribution in [-0.2, 0) is 4.79 Å². The fourth-order valence-corrected chi connectivity index (χ4v) is 2.16. The molecular formula is C13H25N3O3. The minimum absolute atomic E-state index is 0.0740. The van der Waals surface area contributed by atoms with Gasteiger partial charge in [-0.3, -0.25) is 4.79 Å². The van der Waals surface area contributed by atoms with Crippen molar-refractivity contribution in [2.45, 2.75) is 32.2 Å². The van der Waals surface area contributed by atoms with Gasteiger partial charge in [0.1, 0.15) is 0 Å². The molecule has 0 aromatic carbocycles. The second kappa shape index (κ2) is 7.33. The molecule has 1 aliphatic rings. The van der Waals surface area contributed by atoms with Crippen LogP contribution >= 0.6 is 0 Å². The van der Waals surface area contributed by atoms with Gasteiger partial charge in [0.25, 0.3) is 0 Å². The number of piperidine rings is 1. The molecule has 0 bridgehead atoms. The van der Waals surface area contributed by atoms with Gasteiger partial charge in [-0.15, -0.1) is 0 Å². The van der Waals surface area contributed by atoms with E-state index in [-0.39, 0.29) is 18.0 Å². The number of carbonyl (C=O) groups excluding carboxylic acids is 1. The highest BCUT2D eigenvalue weighted by Crippen LogP contribution is 2.17. The number of hydrogen-bond acceptors (Lipinski definition) is 3. The monoisotopic (exact) mass is 271 g/mol. The van der Waals surface area contributed by atoms with Crippen LogP contribution in [0.4, 0.5) is 4.79 Å². The Bertz CT molecular complexity index is 312. The minimum Gasteiger partial charge on any atom is -0.481 e. The molecule has 0 saturated carbocycles. The van der Waals surface area contributed by atoms with Crippen LogP contribution in [0.1, 0.15) is 26.2 Å². The Labute approximate surface area is 114 Å². The average Bonchev–Trinajstić information content (AvgIpc) is 2.36. The largest absolute Gasteiger partial charge is 0.481 e. The summed E-state index contributed by atoms with van der Waals surface area (Å²) in [6, 6.07) is 0.0576. The number of urea groups is 1. The predicted octanol–water partition coefficient (Wildman–Crippen LogP) is 0.833. The lowest BCUT2D eigenvalue weighted by molar-refractivity contribution is -0.143. The van der Waals surface area contributed by atoms with Gasteiger partial charge in [0.15, 0.2) is 0 Å². The second-order valence-electron chi connectivity index (χ2n) is 5.54. The normalized spacial score (nSPS) is 18.4. The van der Waals surface area contributed by atoms with E-state index in [2.05, 4.69) is 10.2 Å². The number of rotatable bonds is 5. The highest BCUT2D eigenvalue weighted by Gasteiger charge is 2.27. The van der Waals surface area contributed by atoms with E-state index in [0.29, 0.717) is 25.9 Å². The lowest BCUT2D eigenvalue weighted by atomic mass is 9.97. The molecule has 6 nitrogen and oxygen atoms in total. The Morgan fingerprint density at radius 1 is 1.37 bits per heavy atom. The third kappa shape index (κ3) is 5.46. The zero-order chi connectivity index (χ0) is 14.4. The molecule has 1 unspecified atom stereocenters. The Balaban J connectivity index is 2.29. The molecule has 0 aromatic rings. The molecule has 0 aliphatic carbocycles. The first-order valence-corrected chi connectivity index (χ1v) is 6.83. The van der Waals surface area contributed by atoms with Crippen molar-refractivity contribution in [2.24, 2.45) is 5.92 Å². The van der Waals surface area contributed by atoms with Crippen molar-refractivity contribution < 1.29 is 14.7 Å². The molecule has 1 fully saturated rings. The Morgan fingerprint density at radius 3 is 2.42 bits per heavy atom. The highest BCUT2D eigenvalue weighted by molar-refractivity contribution is 5.75. The molecule has 0 spiro atoms. The summed E-state index contributed by atoms with van der Waals surface area (Å²) in [5.74, 6) is -1.05. The molecule has 1 aliphatic heterocycles. The van der Waals surface area contributed by atoms with Gasteiger partial charge in [0, 0.05) is 19.1 Å². The molecule has 1 rings (SSSR count). The van der Waals surface area contributed by atoms with E-state index in [9.17, 15) is 9.59 Å². The van der Waals surface area contributed by atoms with Crippen LogP contribution in [0.5, 0.6) is 0 Å². The van der Waals surface area contributed by atoms with Crippen LogP contribution in [0, 0.1) is 5.92 Å². The first kappa shape index (κ1) is 15.8. The number of aliphatic carboxylic acids is 1. The van der Waals surface area contributed by atoms with Crippen molar-refractivity contribution in [3.8, 4) is 0 Å². The predicted molar refractivity (Wildman–Crippen MR) is 73.1 cm³/mol. The Hall–Kier alpha value is -1.30. The number of carboxylic acids is 1. The molecule has 0 aromatic heterocycles. The number of hydrogen-bond donors (Lipinski definition) is 2. The lowest BCUT2D eigenvalue weighted by Gasteiger charge is -2.31. The third-order valence-electron chi connectivity index (χ3n) is 3.51. The number of nitrogens with one attached hydrogen (secondary N) is 1. The molecule has 0 radical (unpaired) electrons. The van der Waals surface area contributed by atoms with Crippen LogP contribution in [0.15, 0.2) is 0 Å². The SMILES string of the molecule is CC(CCN(C)C)NC(=O)N1CCC(C(=O)O)CC1.